The molecule has 1 nitrogen and oxygen atoms in total. The van der Waals surface area contributed by atoms with Crippen molar-refractivity contribution in [3.63, 3.8) is 0 Å². The zero-order valence-corrected chi connectivity index (χ0v) is 27.0. The monoisotopic (exact) mass is 540 g/mol. The van der Waals surface area contributed by atoms with Gasteiger partial charge in [-0.1, -0.05) is 90.5 Å². The van der Waals surface area contributed by atoms with Crippen molar-refractivity contribution < 1.29 is 4.79 Å². The molecule has 40 heavy (non-hydrogen) atoms. The molecule has 5 aliphatic rings. The lowest BCUT2D eigenvalue weighted by molar-refractivity contribution is -0.225. The molecule has 0 N–H and O–H groups in total. The summed E-state index contributed by atoms with van der Waals surface area (Å²) in [5, 5.41) is 0. The lowest BCUT2D eigenvalue weighted by Gasteiger charge is -2.72. The Labute approximate surface area is 245 Å². The predicted octanol–water partition coefficient (Wildman–Crippen LogP) is 11.0. The van der Waals surface area contributed by atoms with Crippen molar-refractivity contribution in [2.45, 2.75) is 120 Å². The van der Waals surface area contributed by atoms with Gasteiger partial charge in [0.15, 0.2) is 5.78 Å². The molecule has 1 unspecified atom stereocenters. The lowest BCUT2D eigenvalue weighted by Crippen LogP contribution is -2.65. The van der Waals surface area contributed by atoms with Gasteiger partial charge in [-0.15, -0.1) is 0 Å². The van der Waals surface area contributed by atoms with E-state index in [1.807, 2.05) is 12.1 Å². The Balaban J connectivity index is 1.36. The molecule has 0 heterocycles. The lowest BCUT2D eigenvalue weighted by atomic mass is 9.32. The molecule has 5 aliphatic carbocycles. The van der Waals surface area contributed by atoms with Gasteiger partial charge in [-0.2, -0.15) is 0 Å². The normalized spacial score (nSPS) is 45.4. The summed E-state index contributed by atoms with van der Waals surface area (Å²) in [6, 6.07) is 8.47. The summed E-state index contributed by atoms with van der Waals surface area (Å²) in [5.74, 6) is 4.08. The quantitative estimate of drug-likeness (QED) is 0.274. The molecular formula is C39H56O. The fraction of sp³-hybridized carbons (Fsp3) is 0.718. The summed E-state index contributed by atoms with van der Waals surface area (Å²) in [7, 11) is 0. The highest BCUT2D eigenvalue weighted by Crippen LogP contribution is 2.78. The maximum atomic E-state index is 11.9. The van der Waals surface area contributed by atoms with Crippen molar-refractivity contribution >= 4 is 11.4 Å². The van der Waals surface area contributed by atoms with Gasteiger partial charge in [0.2, 0.25) is 0 Å². The highest BCUT2D eigenvalue weighted by Gasteiger charge is 2.70. The van der Waals surface area contributed by atoms with Crippen LogP contribution in [0, 0.1) is 56.7 Å². The minimum absolute atomic E-state index is 0.129. The highest BCUT2D eigenvalue weighted by atomic mass is 16.1. The number of carbonyl (C=O) groups is 1. The Hall–Kier alpha value is -1.63. The molecular weight excluding hydrogens is 484 g/mol. The smallest absolute Gasteiger partial charge is 0.159 e. The summed E-state index contributed by atoms with van der Waals surface area (Å²) in [6.45, 7) is 24.3. The first kappa shape index (κ1) is 28.5. The second kappa shape index (κ2) is 9.18. The van der Waals surface area contributed by atoms with Gasteiger partial charge in [-0.3, -0.25) is 4.79 Å². The minimum atomic E-state index is 0.129. The summed E-state index contributed by atoms with van der Waals surface area (Å²) in [4.78, 5) is 11.9. The molecule has 9 atom stereocenters. The molecule has 218 valence electrons. The molecule has 6 rings (SSSR count). The molecule has 1 aromatic rings. The van der Waals surface area contributed by atoms with E-state index in [9.17, 15) is 4.79 Å². The van der Waals surface area contributed by atoms with Gasteiger partial charge >= 0.3 is 0 Å². The fourth-order valence-corrected chi connectivity index (χ4v) is 12.9. The van der Waals surface area contributed by atoms with Crippen LogP contribution in [0.3, 0.4) is 0 Å². The molecule has 0 aromatic heterocycles. The van der Waals surface area contributed by atoms with Gasteiger partial charge in [0, 0.05) is 5.56 Å². The third-order valence-corrected chi connectivity index (χ3v) is 15.1. The van der Waals surface area contributed by atoms with Crippen LogP contribution in [0.1, 0.15) is 136 Å². The molecule has 1 aromatic carbocycles. The molecule has 0 bridgehead atoms. The highest BCUT2D eigenvalue weighted by molar-refractivity contribution is 5.94. The number of carbonyl (C=O) groups excluding carboxylic acids is 1. The number of allylic oxidation sites excluding steroid dienone is 3. The minimum Gasteiger partial charge on any atom is -0.295 e. The third kappa shape index (κ3) is 3.60. The average molecular weight is 541 g/mol. The maximum Gasteiger partial charge on any atom is 0.159 e. The van der Waals surface area contributed by atoms with E-state index < -0.39 is 0 Å². The van der Waals surface area contributed by atoms with E-state index in [1.165, 1.54) is 80.9 Å². The number of Topliss-reactive ketones (excluding diaryl/α,β-unsaturated/α-hetero) is 1. The van der Waals surface area contributed by atoms with Gasteiger partial charge < -0.3 is 0 Å². The Kier molecular flexibility index (Phi) is 6.54. The molecule has 0 spiro atoms. The third-order valence-electron chi connectivity index (χ3n) is 15.1. The number of hydrogen-bond acceptors (Lipinski definition) is 1. The number of ketones is 1. The first-order chi connectivity index (χ1) is 18.7. The second-order valence-electron chi connectivity index (χ2n) is 16.6. The van der Waals surface area contributed by atoms with Crippen molar-refractivity contribution in [3.8, 4) is 0 Å². The van der Waals surface area contributed by atoms with E-state index in [0.717, 1.165) is 29.2 Å². The molecule has 4 fully saturated rings. The Morgan fingerprint density at radius 2 is 1.55 bits per heavy atom. The van der Waals surface area contributed by atoms with Crippen LogP contribution in [-0.4, -0.2) is 5.78 Å². The van der Waals surface area contributed by atoms with Gasteiger partial charge in [0.05, 0.1) is 0 Å². The molecule has 0 saturated heterocycles. The van der Waals surface area contributed by atoms with Crippen LogP contribution < -0.4 is 0 Å². The maximum absolute atomic E-state index is 11.9. The average Bonchev–Trinajstić information content (AvgIpc) is 3.29. The van der Waals surface area contributed by atoms with Gasteiger partial charge in [0.1, 0.15) is 0 Å². The first-order valence-electron chi connectivity index (χ1n) is 16.7. The van der Waals surface area contributed by atoms with Crippen molar-refractivity contribution in [1.82, 2.24) is 0 Å². The van der Waals surface area contributed by atoms with E-state index in [2.05, 4.69) is 73.3 Å². The van der Waals surface area contributed by atoms with E-state index in [1.54, 1.807) is 6.92 Å². The predicted molar refractivity (Wildman–Crippen MR) is 169 cm³/mol. The van der Waals surface area contributed by atoms with Crippen LogP contribution in [0.4, 0.5) is 0 Å². The second-order valence-corrected chi connectivity index (χ2v) is 16.6. The topological polar surface area (TPSA) is 17.1 Å². The van der Waals surface area contributed by atoms with E-state index in [-0.39, 0.29) is 11.2 Å². The standard InChI is InChI=1S/C39H56O/c1-10-39-22-17-29(25(2)3)34(39)31-15-16-33-36(7)20-18-30(28-13-11-27(12-14-28)26(4)40)35(5,6)32(36)19-21-38(33,9)37(31,8)23-24-39/h11-14,18,29,31-34H,2,10,15-17,19-24H2,1,3-9H3/t29-,31?,32-,33+,34+,36-,37+,38+,39+/m0/s1. The Morgan fingerprint density at radius 1 is 0.850 bits per heavy atom. The van der Waals surface area contributed by atoms with Crippen LogP contribution in [0.15, 0.2) is 42.5 Å². The SMILES string of the molecule is C=C(C)[C@@H]1CC[C@]2(CC)CC[C@]3(C)C(CC[C@@H]4[C@@]5(C)CC=C(c6ccc(C(C)=O)cc6)C(C)(C)[C@@H]5CC[C@]43C)[C@@H]12. The van der Waals surface area contributed by atoms with E-state index in [0.29, 0.717) is 27.6 Å². The van der Waals surface area contributed by atoms with E-state index >= 15 is 0 Å². The fourth-order valence-electron chi connectivity index (χ4n) is 12.9. The Bertz CT molecular complexity index is 1230. The van der Waals surface area contributed by atoms with Crippen molar-refractivity contribution in [3.05, 3.63) is 53.6 Å². The first-order valence-corrected chi connectivity index (χ1v) is 16.7. The summed E-state index contributed by atoms with van der Waals surface area (Å²) in [6.07, 6.45) is 16.5. The van der Waals surface area contributed by atoms with E-state index in [4.69, 9.17) is 0 Å². The molecule has 4 saturated carbocycles. The van der Waals surface area contributed by atoms with Gasteiger partial charge in [-0.25, -0.2) is 0 Å². The molecule has 1 heteroatoms. The van der Waals surface area contributed by atoms with Crippen molar-refractivity contribution in [2.75, 3.05) is 0 Å². The number of rotatable bonds is 4. The zero-order valence-electron chi connectivity index (χ0n) is 27.0. The van der Waals surface area contributed by atoms with Crippen LogP contribution in [0.25, 0.3) is 5.57 Å². The summed E-state index contributed by atoms with van der Waals surface area (Å²) < 4.78 is 0. The summed E-state index contributed by atoms with van der Waals surface area (Å²) >= 11 is 0. The van der Waals surface area contributed by atoms with Crippen LogP contribution in [0.5, 0.6) is 0 Å². The van der Waals surface area contributed by atoms with Gasteiger partial charge in [-0.05, 0) is 139 Å². The van der Waals surface area contributed by atoms with Crippen LogP contribution in [-0.2, 0) is 0 Å². The van der Waals surface area contributed by atoms with Crippen molar-refractivity contribution in [1.29, 1.82) is 0 Å². The number of benzene rings is 1. The molecule has 0 aliphatic heterocycles. The van der Waals surface area contributed by atoms with Crippen LogP contribution in [0.2, 0.25) is 0 Å². The number of hydrogen-bond donors (Lipinski definition) is 0. The van der Waals surface area contributed by atoms with Crippen molar-refractivity contribution in [2.24, 2.45) is 56.7 Å². The Morgan fingerprint density at radius 3 is 2.17 bits per heavy atom. The largest absolute Gasteiger partial charge is 0.295 e. The van der Waals surface area contributed by atoms with Gasteiger partial charge in [0.25, 0.3) is 0 Å². The molecule has 0 radical (unpaired) electrons. The zero-order chi connectivity index (χ0) is 28.9. The molecule has 0 amide bonds. The number of fused-ring (bicyclic) bond motifs is 7. The van der Waals surface area contributed by atoms with Crippen LogP contribution >= 0.6 is 0 Å². The summed E-state index contributed by atoms with van der Waals surface area (Å²) in [5.41, 5.74) is 6.99.